The van der Waals surface area contributed by atoms with Gasteiger partial charge in [-0.2, -0.15) is 10.2 Å². The Labute approximate surface area is 222 Å². The zero-order valence-corrected chi connectivity index (χ0v) is 23.2. The van der Waals surface area contributed by atoms with Crippen LogP contribution in [0, 0.1) is 11.3 Å². The quantitative estimate of drug-likeness (QED) is 0.501. The molecule has 0 bridgehead atoms. The second kappa shape index (κ2) is 9.58. The second-order valence-electron chi connectivity index (χ2n) is 11.0. The van der Waals surface area contributed by atoms with E-state index in [9.17, 15) is 10.1 Å². The molecular weight excluding hydrogens is 484 g/mol. The van der Waals surface area contributed by atoms with E-state index in [1.807, 2.05) is 37.5 Å². The van der Waals surface area contributed by atoms with Gasteiger partial charge in [-0.3, -0.25) is 9.47 Å². The van der Waals surface area contributed by atoms with E-state index in [1.54, 1.807) is 7.05 Å². The van der Waals surface area contributed by atoms with Gasteiger partial charge in [0.25, 0.3) is 5.88 Å². The number of pyridine rings is 1. The lowest BCUT2D eigenvalue weighted by Crippen LogP contribution is -2.57. The molecule has 3 aromatic heterocycles. The third kappa shape index (κ3) is 4.36. The number of ether oxygens (including phenoxy) is 2. The highest BCUT2D eigenvalue weighted by molar-refractivity contribution is 5.84. The Hall–Kier alpha value is -3.65. The predicted octanol–water partition coefficient (Wildman–Crippen LogP) is 2.82. The lowest BCUT2D eigenvalue weighted by Gasteiger charge is -2.47. The van der Waals surface area contributed by atoms with Crippen LogP contribution in [0.1, 0.15) is 59.1 Å². The zero-order chi connectivity index (χ0) is 27.4. The minimum Gasteiger partial charge on any atom is -0.484 e. The minimum absolute atomic E-state index is 0.0479. The molecular formula is C27H36N8O3. The first-order valence-corrected chi connectivity index (χ1v) is 13.2. The molecule has 0 spiro atoms. The van der Waals surface area contributed by atoms with Crippen LogP contribution in [0.5, 0.6) is 11.6 Å². The minimum atomic E-state index is -0.418. The van der Waals surface area contributed by atoms with E-state index < -0.39 is 5.60 Å². The van der Waals surface area contributed by atoms with Gasteiger partial charge in [0, 0.05) is 44.8 Å². The molecule has 3 atom stereocenters. The molecule has 202 valence electrons. The van der Waals surface area contributed by atoms with Gasteiger partial charge in [-0.1, -0.05) is 0 Å². The molecule has 0 aromatic carbocycles. The Morgan fingerprint density at radius 3 is 2.66 bits per heavy atom. The average molecular weight is 521 g/mol. The molecule has 38 heavy (non-hydrogen) atoms. The maximum atomic E-state index is 12.9. The molecule has 0 N–H and O–H groups in total. The van der Waals surface area contributed by atoms with E-state index in [2.05, 4.69) is 41.6 Å². The third-order valence-corrected chi connectivity index (χ3v) is 7.62. The molecule has 1 unspecified atom stereocenters. The lowest BCUT2D eigenvalue weighted by molar-refractivity contribution is 0.0153. The number of fused-ring (bicyclic) bond motifs is 2. The van der Waals surface area contributed by atoms with Gasteiger partial charge in [-0.15, -0.1) is 0 Å². The Morgan fingerprint density at radius 1 is 1.18 bits per heavy atom. The van der Waals surface area contributed by atoms with Crippen molar-refractivity contribution >= 4 is 17.0 Å². The number of nitrogens with zero attached hydrogens (tertiary/aromatic N) is 8. The molecule has 11 heteroatoms. The van der Waals surface area contributed by atoms with Gasteiger partial charge in [0.15, 0.2) is 11.6 Å². The van der Waals surface area contributed by atoms with Crippen molar-refractivity contribution in [3.8, 4) is 17.7 Å². The molecule has 0 aliphatic carbocycles. The van der Waals surface area contributed by atoms with Crippen molar-refractivity contribution in [3.05, 3.63) is 34.1 Å². The first-order valence-electron chi connectivity index (χ1n) is 13.2. The van der Waals surface area contributed by atoms with Crippen LogP contribution in [0.4, 0.5) is 5.82 Å². The first kappa shape index (κ1) is 26.0. The molecule has 2 aliphatic heterocycles. The van der Waals surface area contributed by atoms with E-state index in [0.29, 0.717) is 54.1 Å². The summed E-state index contributed by atoms with van der Waals surface area (Å²) >= 11 is 0. The number of aromatic nitrogens is 5. The van der Waals surface area contributed by atoms with Crippen molar-refractivity contribution in [1.82, 2.24) is 29.0 Å². The molecule has 5 rings (SSSR count). The zero-order valence-electron chi connectivity index (χ0n) is 23.2. The van der Waals surface area contributed by atoms with Crippen molar-refractivity contribution in [1.29, 1.82) is 5.26 Å². The van der Waals surface area contributed by atoms with Crippen LogP contribution in [-0.4, -0.2) is 66.4 Å². The second-order valence-corrected chi connectivity index (χ2v) is 11.0. The standard InChI is InChI=1S/C27H36N8O3/c1-8-33-21(11-12-28)30-22-23(31-26(36)32(7)25(22)33)35-14-16(2)34(13-17(35)3)18(4)19-9-10-20-24(29-19)38-27(5,6)15-37-20/h9-10,16-18H,8,11,13-15H2,1-7H3/t16-,17+,18?/m1/s1. The summed E-state index contributed by atoms with van der Waals surface area (Å²) in [5.74, 6) is 2.45. The van der Waals surface area contributed by atoms with Gasteiger partial charge in [0.05, 0.1) is 18.2 Å². The van der Waals surface area contributed by atoms with Crippen molar-refractivity contribution in [2.24, 2.45) is 7.05 Å². The van der Waals surface area contributed by atoms with Crippen LogP contribution in [0.15, 0.2) is 16.9 Å². The molecule has 2 aliphatic rings. The lowest BCUT2D eigenvalue weighted by atomic mass is 10.0. The van der Waals surface area contributed by atoms with E-state index in [0.717, 1.165) is 12.2 Å². The van der Waals surface area contributed by atoms with Crippen molar-refractivity contribution < 1.29 is 9.47 Å². The van der Waals surface area contributed by atoms with E-state index in [4.69, 9.17) is 19.4 Å². The van der Waals surface area contributed by atoms with E-state index in [-0.39, 0.29) is 30.2 Å². The molecule has 0 saturated carbocycles. The van der Waals surface area contributed by atoms with Crippen LogP contribution in [0.3, 0.4) is 0 Å². The van der Waals surface area contributed by atoms with Crippen LogP contribution in [0.25, 0.3) is 11.2 Å². The monoisotopic (exact) mass is 520 g/mol. The number of aryl methyl sites for hydroxylation is 2. The summed E-state index contributed by atoms with van der Waals surface area (Å²) in [6, 6.07) is 6.41. The largest absolute Gasteiger partial charge is 0.484 e. The Morgan fingerprint density at radius 2 is 1.95 bits per heavy atom. The van der Waals surface area contributed by atoms with Gasteiger partial charge in [0.2, 0.25) is 0 Å². The fraction of sp³-hybridized carbons (Fsp3) is 0.593. The first-order chi connectivity index (χ1) is 18.0. The van der Waals surface area contributed by atoms with Gasteiger partial charge in [-0.05, 0) is 53.7 Å². The van der Waals surface area contributed by atoms with Crippen molar-refractivity contribution in [2.45, 2.75) is 78.2 Å². The maximum absolute atomic E-state index is 12.9. The summed E-state index contributed by atoms with van der Waals surface area (Å²) in [5.41, 5.74) is 1.54. The molecule has 5 heterocycles. The smallest absolute Gasteiger partial charge is 0.350 e. The number of hydrogen-bond donors (Lipinski definition) is 0. The molecule has 11 nitrogen and oxygen atoms in total. The number of rotatable bonds is 5. The number of piperazine rings is 1. The SMILES string of the molecule is CCn1c(CC#N)nc2c(N3C[C@@H](C)N(C(C)c4ccc5c(n4)OC(C)(C)CO5)C[C@@H]3C)nc(=O)n(C)c21. The topological polar surface area (TPSA) is 114 Å². The van der Waals surface area contributed by atoms with Gasteiger partial charge < -0.3 is 18.9 Å². The van der Waals surface area contributed by atoms with Crippen LogP contribution in [-0.2, 0) is 20.0 Å². The summed E-state index contributed by atoms with van der Waals surface area (Å²) in [4.78, 5) is 31.6. The van der Waals surface area contributed by atoms with Crippen LogP contribution in [0.2, 0.25) is 0 Å². The maximum Gasteiger partial charge on any atom is 0.350 e. The molecule has 3 aromatic rings. The highest BCUT2D eigenvalue weighted by Crippen LogP contribution is 2.37. The molecule has 0 amide bonds. The highest BCUT2D eigenvalue weighted by atomic mass is 16.6. The normalized spacial score (nSPS) is 21.9. The van der Waals surface area contributed by atoms with Crippen molar-refractivity contribution in [3.63, 3.8) is 0 Å². The average Bonchev–Trinajstić information content (AvgIpc) is 3.24. The van der Waals surface area contributed by atoms with Gasteiger partial charge >= 0.3 is 5.69 Å². The Kier molecular flexibility index (Phi) is 6.55. The van der Waals surface area contributed by atoms with Crippen molar-refractivity contribution in [2.75, 3.05) is 24.6 Å². The highest BCUT2D eigenvalue weighted by Gasteiger charge is 2.36. The Balaban J connectivity index is 1.45. The van der Waals surface area contributed by atoms with Gasteiger partial charge in [-0.25, -0.2) is 14.8 Å². The number of anilines is 1. The fourth-order valence-electron chi connectivity index (χ4n) is 5.59. The molecule has 0 radical (unpaired) electrons. The summed E-state index contributed by atoms with van der Waals surface area (Å²) in [6.45, 7) is 15.0. The fourth-order valence-corrected chi connectivity index (χ4v) is 5.59. The van der Waals surface area contributed by atoms with Crippen LogP contribution < -0.4 is 20.1 Å². The molecule has 1 saturated heterocycles. The summed E-state index contributed by atoms with van der Waals surface area (Å²) in [6.07, 6.45) is 0.174. The predicted molar refractivity (Wildman–Crippen MR) is 144 cm³/mol. The summed E-state index contributed by atoms with van der Waals surface area (Å²) in [5, 5.41) is 9.33. The van der Waals surface area contributed by atoms with E-state index >= 15 is 0 Å². The van der Waals surface area contributed by atoms with Gasteiger partial charge in [0.1, 0.15) is 29.2 Å². The van der Waals surface area contributed by atoms with Crippen LogP contribution >= 0.6 is 0 Å². The molecule has 1 fully saturated rings. The van der Waals surface area contributed by atoms with E-state index in [1.165, 1.54) is 4.57 Å². The summed E-state index contributed by atoms with van der Waals surface area (Å²) in [7, 11) is 1.71. The Bertz CT molecular complexity index is 1470. The number of imidazole rings is 1. The number of hydrogen-bond acceptors (Lipinski definition) is 9. The third-order valence-electron chi connectivity index (χ3n) is 7.62. The summed E-state index contributed by atoms with van der Waals surface area (Å²) < 4.78 is 15.4. The number of nitriles is 1.